The topological polar surface area (TPSA) is 39.3 Å². The first kappa shape index (κ1) is 15.7. The lowest BCUT2D eigenvalue weighted by Crippen LogP contribution is -2.19. The zero-order valence-corrected chi connectivity index (χ0v) is 14.7. The zero-order valence-electron chi connectivity index (χ0n) is 13.9. The van der Waals surface area contributed by atoms with Crippen LogP contribution in [0.15, 0.2) is 65.8 Å². The van der Waals surface area contributed by atoms with Gasteiger partial charge in [0.2, 0.25) is 5.65 Å². The fourth-order valence-electron chi connectivity index (χ4n) is 3.04. The second kappa shape index (κ2) is 5.90. The molecule has 0 radical (unpaired) electrons. The molecule has 4 aromatic rings. The molecular weight excluding hydrogens is 334 g/mol. The van der Waals surface area contributed by atoms with E-state index in [1.54, 1.807) is 27.3 Å². The summed E-state index contributed by atoms with van der Waals surface area (Å²) in [5.74, 6) is 0. The first-order chi connectivity index (χ1) is 12.0. The summed E-state index contributed by atoms with van der Waals surface area (Å²) in [6.45, 7) is 4.11. The summed E-state index contributed by atoms with van der Waals surface area (Å²) >= 11 is 6.04. The van der Waals surface area contributed by atoms with E-state index >= 15 is 0 Å². The van der Waals surface area contributed by atoms with Crippen LogP contribution in [0.5, 0.6) is 0 Å². The third kappa shape index (κ3) is 2.75. The Hall–Kier alpha value is -2.85. The first-order valence-corrected chi connectivity index (χ1v) is 8.35. The van der Waals surface area contributed by atoms with Crippen LogP contribution in [-0.2, 0) is 0 Å². The molecule has 0 N–H and O–H groups in total. The highest BCUT2D eigenvalue weighted by Gasteiger charge is 2.12. The molecule has 0 unspecified atom stereocenters. The molecule has 124 valence electrons. The Bertz CT molecular complexity index is 1160. The third-order valence-corrected chi connectivity index (χ3v) is 4.50. The monoisotopic (exact) mass is 349 g/mol. The van der Waals surface area contributed by atoms with Crippen molar-refractivity contribution in [2.45, 2.75) is 13.8 Å². The molecule has 0 atom stereocenters. The maximum absolute atomic E-state index is 12.9. The van der Waals surface area contributed by atoms with Crippen molar-refractivity contribution in [3.05, 3.63) is 87.6 Å². The molecular formula is C20H16ClN3O. The van der Waals surface area contributed by atoms with Crippen LogP contribution < -0.4 is 5.56 Å². The number of halogens is 1. The van der Waals surface area contributed by atoms with Gasteiger partial charge in [0.25, 0.3) is 5.56 Å². The lowest BCUT2D eigenvalue weighted by molar-refractivity contribution is 0.950. The molecule has 0 saturated heterocycles. The summed E-state index contributed by atoms with van der Waals surface area (Å²) in [6.07, 6.45) is 5.45. The lowest BCUT2D eigenvalue weighted by Gasteiger charge is -2.05. The van der Waals surface area contributed by atoms with Crippen molar-refractivity contribution >= 4 is 17.2 Å². The second-order valence-electron chi connectivity index (χ2n) is 6.13. The molecule has 4 rings (SSSR count). The van der Waals surface area contributed by atoms with Crippen molar-refractivity contribution < 1.29 is 0 Å². The van der Waals surface area contributed by atoms with Gasteiger partial charge in [-0.1, -0.05) is 41.4 Å². The number of benzene rings is 2. The van der Waals surface area contributed by atoms with E-state index in [-0.39, 0.29) is 5.56 Å². The highest BCUT2D eigenvalue weighted by Crippen LogP contribution is 2.23. The maximum Gasteiger partial charge on any atom is 0.298 e. The van der Waals surface area contributed by atoms with Crippen molar-refractivity contribution in [1.29, 1.82) is 0 Å². The Balaban J connectivity index is 1.90. The van der Waals surface area contributed by atoms with E-state index in [0.717, 1.165) is 22.5 Å². The molecule has 0 spiro atoms. The number of fused-ring (bicyclic) bond motifs is 1. The fraction of sp³-hybridized carbons (Fsp3) is 0.100. The van der Waals surface area contributed by atoms with Crippen LogP contribution in [-0.4, -0.2) is 14.0 Å². The number of hydrogen-bond donors (Lipinski definition) is 0. The fourth-order valence-corrected chi connectivity index (χ4v) is 3.22. The molecule has 2 aromatic heterocycles. The Labute approximate surface area is 150 Å². The Kier molecular flexibility index (Phi) is 3.70. The second-order valence-corrected chi connectivity index (χ2v) is 6.56. The number of imidazole rings is 1. The summed E-state index contributed by atoms with van der Waals surface area (Å²) in [4.78, 5) is 17.4. The highest BCUT2D eigenvalue weighted by atomic mass is 35.5. The van der Waals surface area contributed by atoms with E-state index in [4.69, 9.17) is 11.6 Å². The van der Waals surface area contributed by atoms with Crippen LogP contribution in [0.25, 0.3) is 22.6 Å². The molecule has 0 bridgehead atoms. The predicted octanol–water partition coefficient (Wildman–Crippen LogP) is 4.42. The van der Waals surface area contributed by atoms with Crippen molar-refractivity contribution in [2.24, 2.45) is 0 Å². The molecule has 0 aliphatic carbocycles. The standard InChI is InChI=1S/C20H16ClN3O/c1-13-6-7-17(14(2)10-13)18-12-23-8-9-24(20(25)19(23)22-18)16-5-3-4-15(21)11-16/h3-12H,1-2H3. The number of nitrogens with zero attached hydrogens (tertiary/aromatic N) is 3. The van der Waals surface area contributed by atoms with Crippen LogP contribution in [0, 0.1) is 13.8 Å². The van der Waals surface area contributed by atoms with E-state index in [1.807, 2.05) is 30.6 Å². The molecule has 0 aliphatic rings. The van der Waals surface area contributed by atoms with Gasteiger partial charge in [0.05, 0.1) is 11.4 Å². The van der Waals surface area contributed by atoms with Crippen LogP contribution in [0.1, 0.15) is 11.1 Å². The van der Waals surface area contributed by atoms with Crippen LogP contribution in [0.3, 0.4) is 0 Å². The van der Waals surface area contributed by atoms with Gasteiger partial charge in [-0.15, -0.1) is 0 Å². The van der Waals surface area contributed by atoms with Gasteiger partial charge >= 0.3 is 0 Å². The van der Waals surface area contributed by atoms with Gasteiger partial charge in [0, 0.05) is 29.2 Å². The number of aromatic nitrogens is 3. The molecule has 0 aliphatic heterocycles. The van der Waals surface area contributed by atoms with Gasteiger partial charge < -0.3 is 4.40 Å². The van der Waals surface area contributed by atoms with Gasteiger partial charge in [-0.3, -0.25) is 9.36 Å². The van der Waals surface area contributed by atoms with Gasteiger partial charge in [-0.05, 0) is 37.6 Å². The highest BCUT2D eigenvalue weighted by molar-refractivity contribution is 6.30. The first-order valence-electron chi connectivity index (χ1n) is 7.97. The summed E-state index contributed by atoms with van der Waals surface area (Å²) in [6, 6.07) is 13.4. The Morgan fingerprint density at radius 2 is 1.88 bits per heavy atom. The molecule has 25 heavy (non-hydrogen) atoms. The summed E-state index contributed by atoms with van der Waals surface area (Å²) in [5, 5.41) is 0.587. The Morgan fingerprint density at radius 3 is 2.64 bits per heavy atom. The summed E-state index contributed by atoms with van der Waals surface area (Å²) in [7, 11) is 0. The van der Waals surface area contributed by atoms with Crippen LogP contribution in [0.4, 0.5) is 0 Å². The van der Waals surface area contributed by atoms with Gasteiger partial charge in [0.1, 0.15) is 0 Å². The summed E-state index contributed by atoms with van der Waals surface area (Å²) in [5.41, 5.74) is 5.09. The van der Waals surface area contributed by atoms with E-state index in [0.29, 0.717) is 10.7 Å². The molecule has 2 heterocycles. The largest absolute Gasteiger partial charge is 0.300 e. The van der Waals surface area contributed by atoms with E-state index in [1.165, 1.54) is 5.56 Å². The molecule has 0 fully saturated rings. The van der Waals surface area contributed by atoms with Gasteiger partial charge in [-0.2, -0.15) is 0 Å². The minimum absolute atomic E-state index is 0.180. The third-order valence-electron chi connectivity index (χ3n) is 4.26. The number of aryl methyl sites for hydroxylation is 2. The quantitative estimate of drug-likeness (QED) is 0.537. The Morgan fingerprint density at radius 1 is 1.04 bits per heavy atom. The SMILES string of the molecule is Cc1ccc(-c2cn3ccn(-c4cccc(Cl)c4)c(=O)c3n2)c(C)c1. The predicted molar refractivity (Wildman–Crippen MR) is 101 cm³/mol. The molecule has 2 aromatic carbocycles. The average Bonchev–Trinajstić information content (AvgIpc) is 3.00. The minimum Gasteiger partial charge on any atom is -0.300 e. The van der Waals surface area contributed by atoms with Gasteiger partial charge in [-0.25, -0.2) is 4.98 Å². The van der Waals surface area contributed by atoms with E-state index in [2.05, 4.69) is 31.0 Å². The van der Waals surface area contributed by atoms with Crippen molar-refractivity contribution in [2.75, 3.05) is 0 Å². The molecule has 4 nitrogen and oxygen atoms in total. The van der Waals surface area contributed by atoms with Crippen LogP contribution in [0.2, 0.25) is 5.02 Å². The molecule has 0 amide bonds. The normalized spacial score (nSPS) is 11.2. The van der Waals surface area contributed by atoms with E-state index < -0.39 is 0 Å². The van der Waals surface area contributed by atoms with Crippen molar-refractivity contribution in [3.8, 4) is 16.9 Å². The van der Waals surface area contributed by atoms with Crippen molar-refractivity contribution in [1.82, 2.24) is 14.0 Å². The smallest absolute Gasteiger partial charge is 0.298 e. The zero-order chi connectivity index (χ0) is 17.6. The number of rotatable bonds is 2. The van der Waals surface area contributed by atoms with Crippen LogP contribution >= 0.6 is 11.6 Å². The summed E-state index contributed by atoms with van der Waals surface area (Å²) < 4.78 is 3.32. The molecule has 0 saturated carbocycles. The van der Waals surface area contributed by atoms with Gasteiger partial charge in [0.15, 0.2) is 0 Å². The molecule has 5 heteroatoms. The van der Waals surface area contributed by atoms with E-state index in [9.17, 15) is 4.79 Å². The maximum atomic E-state index is 12.9. The average molecular weight is 350 g/mol. The lowest BCUT2D eigenvalue weighted by atomic mass is 10.0. The number of hydrogen-bond acceptors (Lipinski definition) is 2. The van der Waals surface area contributed by atoms with Crippen molar-refractivity contribution in [3.63, 3.8) is 0 Å². The minimum atomic E-state index is -0.180.